The van der Waals surface area contributed by atoms with Crippen molar-refractivity contribution in [2.24, 2.45) is 0 Å². The Bertz CT molecular complexity index is 1180. The van der Waals surface area contributed by atoms with Gasteiger partial charge in [-0.3, -0.25) is 13.9 Å². The average molecular weight is 585 g/mol. The average Bonchev–Trinajstić information content (AvgIpc) is 2.79. The second kappa shape index (κ2) is 12.0. The highest BCUT2D eigenvalue weighted by Crippen LogP contribution is 2.33. The Morgan fingerprint density at radius 2 is 1.67 bits per heavy atom. The Balaban J connectivity index is 2.47. The van der Waals surface area contributed by atoms with Crippen LogP contribution < -0.4 is 19.1 Å². The predicted molar refractivity (Wildman–Crippen MR) is 144 cm³/mol. The quantitative estimate of drug-likeness (QED) is 0.458. The number of ether oxygens (including phenoxy) is 2. The highest BCUT2D eigenvalue weighted by atomic mass is 79.9. The molecule has 9 nitrogen and oxygen atoms in total. The number of nitrogens with zero attached hydrogens (tertiary/aromatic N) is 2. The molecule has 11 heteroatoms. The van der Waals surface area contributed by atoms with Crippen LogP contribution in [-0.4, -0.2) is 63.7 Å². The molecule has 2 rings (SSSR count). The van der Waals surface area contributed by atoms with E-state index in [2.05, 4.69) is 21.2 Å². The lowest BCUT2D eigenvalue weighted by molar-refractivity contribution is -0.140. The number of carbonyl (C=O) groups is 2. The van der Waals surface area contributed by atoms with Gasteiger partial charge in [-0.25, -0.2) is 8.42 Å². The van der Waals surface area contributed by atoms with Gasteiger partial charge in [-0.1, -0.05) is 28.1 Å². The number of sulfonamides is 1. The van der Waals surface area contributed by atoms with Crippen molar-refractivity contribution in [1.82, 2.24) is 10.2 Å². The number of methoxy groups -OCH3 is 2. The zero-order chi connectivity index (χ0) is 27.3. The van der Waals surface area contributed by atoms with E-state index >= 15 is 0 Å². The maximum absolute atomic E-state index is 13.6. The normalized spacial score (nSPS) is 12.4. The summed E-state index contributed by atoms with van der Waals surface area (Å²) in [5.41, 5.74) is 0.465. The van der Waals surface area contributed by atoms with Gasteiger partial charge in [0.05, 0.1) is 26.2 Å². The van der Waals surface area contributed by atoms with Crippen molar-refractivity contribution < 1.29 is 27.5 Å². The van der Waals surface area contributed by atoms with Crippen LogP contribution in [0.4, 0.5) is 5.69 Å². The van der Waals surface area contributed by atoms with Gasteiger partial charge in [0.2, 0.25) is 21.8 Å². The summed E-state index contributed by atoms with van der Waals surface area (Å²) in [6.07, 6.45) is 1.01. The molecule has 0 aromatic heterocycles. The number of hydrogen-bond acceptors (Lipinski definition) is 6. The summed E-state index contributed by atoms with van der Waals surface area (Å²) in [7, 11) is -1.01. The van der Waals surface area contributed by atoms with Crippen molar-refractivity contribution in [1.29, 1.82) is 0 Å². The zero-order valence-corrected chi connectivity index (χ0v) is 24.1. The molecule has 0 fully saturated rings. The second-order valence-electron chi connectivity index (χ2n) is 9.37. The standard InChI is InChI=1S/C25H34BrN3O6S/c1-17(24(31)27-25(2,3)4)28(15-18-8-10-19(26)11-9-18)23(30)16-29(36(7,32)33)21-13-12-20(34-5)14-22(21)35-6/h8-14,17H,15-16H2,1-7H3,(H,27,31)/t17-/m0/s1. The Kier molecular flexibility index (Phi) is 9.78. The topological polar surface area (TPSA) is 105 Å². The third kappa shape index (κ3) is 8.12. The maximum atomic E-state index is 13.6. The Labute approximate surface area is 221 Å². The van der Waals surface area contributed by atoms with E-state index in [0.29, 0.717) is 5.75 Å². The van der Waals surface area contributed by atoms with Gasteiger partial charge in [0.25, 0.3) is 0 Å². The van der Waals surface area contributed by atoms with Crippen molar-refractivity contribution in [3.05, 3.63) is 52.5 Å². The van der Waals surface area contributed by atoms with Crippen LogP contribution in [0, 0.1) is 0 Å². The summed E-state index contributed by atoms with van der Waals surface area (Å²) in [6, 6.07) is 11.1. The summed E-state index contributed by atoms with van der Waals surface area (Å²) >= 11 is 3.39. The van der Waals surface area contributed by atoms with Gasteiger partial charge in [-0.15, -0.1) is 0 Å². The third-order valence-electron chi connectivity index (χ3n) is 5.27. The van der Waals surface area contributed by atoms with Gasteiger partial charge in [-0.2, -0.15) is 0 Å². The molecule has 0 bridgehead atoms. The van der Waals surface area contributed by atoms with Crippen LogP contribution in [0.15, 0.2) is 46.9 Å². The lowest BCUT2D eigenvalue weighted by Gasteiger charge is -2.33. The highest BCUT2D eigenvalue weighted by molar-refractivity contribution is 9.10. The summed E-state index contributed by atoms with van der Waals surface area (Å²) in [5.74, 6) is -0.191. The molecular formula is C25H34BrN3O6S. The molecule has 36 heavy (non-hydrogen) atoms. The molecule has 0 saturated carbocycles. The van der Waals surface area contributed by atoms with Gasteiger partial charge < -0.3 is 19.7 Å². The summed E-state index contributed by atoms with van der Waals surface area (Å²) < 4.78 is 38.0. The maximum Gasteiger partial charge on any atom is 0.244 e. The van der Waals surface area contributed by atoms with E-state index in [1.807, 2.05) is 45.0 Å². The molecule has 1 atom stereocenters. The number of carbonyl (C=O) groups excluding carboxylic acids is 2. The molecule has 0 radical (unpaired) electrons. The minimum atomic E-state index is -3.89. The molecule has 0 aliphatic heterocycles. The molecule has 0 aliphatic carbocycles. The minimum absolute atomic E-state index is 0.113. The van der Waals surface area contributed by atoms with Crippen molar-refractivity contribution in [2.45, 2.75) is 45.8 Å². The van der Waals surface area contributed by atoms with E-state index in [9.17, 15) is 18.0 Å². The molecule has 2 aromatic carbocycles. The second-order valence-corrected chi connectivity index (χ2v) is 12.2. The Hall–Kier alpha value is -2.79. The molecule has 0 heterocycles. The Morgan fingerprint density at radius 1 is 1.06 bits per heavy atom. The predicted octanol–water partition coefficient (Wildman–Crippen LogP) is 3.56. The van der Waals surface area contributed by atoms with Gasteiger partial charge in [0.1, 0.15) is 24.1 Å². The molecule has 0 spiro atoms. The number of rotatable bonds is 10. The van der Waals surface area contributed by atoms with Crippen LogP contribution >= 0.6 is 15.9 Å². The van der Waals surface area contributed by atoms with Crippen molar-refractivity contribution in [2.75, 3.05) is 31.3 Å². The monoisotopic (exact) mass is 583 g/mol. The fourth-order valence-electron chi connectivity index (χ4n) is 3.43. The highest BCUT2D eigenvalue weighted by Gasteiger charge is 2.32. The van der Waals surface area contributed by atoms with E-state index in [1.165, 1.54) is 31.3 Å². The van der Waals surface area contributed by atoms with Gasteiger partial charge >= 0.3 is 0 Å². The zero-order valence-electron chi connectivity index (χ0n) is 21.7. The molecule has 0 saturated heterocycles. The van der Waals surface area contributed by atoms with Crippen molar-refractivity contribution in [3.8, 4) is 11.5 Å². The Morgan fingerprint density at radius 3 is 2.17 bits per heavy atom. The molecule has 2 amide bonds. The van der Waals surface area contributed by atoms with Crippen LogP contribution in [0.3, 0.4) is 0 Å². The SMILES string of the molecule is COc1ccc(N(CC(=O)N(Cc2ccc(Br)cc2)[C@@H](C)C(=O)NC(C)(C)C)S(C)(=O)=O)c(OC)c1. The first kappa shape index (κ1) is 29.4. The summed E-state index contributed by atoms with van der Waals surface area (Å²) in [4.78, 5) is 28.0. The van der Waals surface area contributed by atoms with Crippen LogP contribution in [0.2, 0.25) is 0 Å². The van der Waals surface area contributed by atoms with Crippen LogP contribution in [0.5, 0.6) is 11.5 Å². The molecule has 1 N–H and O–H groups in total. The van der Waals surface area contributed by atoms with Gasteiger partial charge in [0.15, 0.2) is 0 Å². The number of benzene rings is 2. The lowest BCUT2D eigenvalue weighted by Crippen LogP contribution is -2.54. The van der Waals surface area contributed by atoms with E-state index in [0.717, 1.165) is 20.6 Å². The number of anilines is 1. The third-order valence-corrected chi connectivity index (χ3v) is 6.92. The van der Waals surface area contributed by atoms with Gasteiger partial charge in [0, 0.05) is 22.6 Å². The van der Waals surface area contributed by atoms with Crippen molar-refractivity contribution in [3.63, 3.8) is 0 Å². The van der Waals surface area contributed by atoms with Crippen molar-refractivity contribution >= 4 is 43.5 Å². The number of halogens is 1. The first-order valence-corrected chi connectivity index (χ1v) is 13.9. The van der Waals surface area contributed by atoms with E-state index in [-0.39, 0.29) is 23.9 Å². The molecule has 0 unspecified atom stereocenters. The molecule has 198 valence electrons. The van der Waals surface area contributed by atoms with Crippen LogP contribution in [0.25, 0.3) is 0 Å². The smallest absolute Gasteiger partial charge is 0.244 e. The lowest BCUT2D eigenvalue weighted by atomic mass is 10.1. The van der Waals surface area contributed by atoms with Crippen LogP contribution in [-0.2, 0) is 26.2 Å². The molecule has 2 aromatic rings. The summed E-state index contributed by atoms with van der Waals surface area (Å²) in [5, 5.41) is 2.89. The summed E-state index contributed by atoms with van der Waals surface area (Å²) in [6.45, 7) is 6.75. The fourth-order valence-corrected chi connectivity index (χ4v) is 4.55. The number of nitrogens with one attached hydrogen (secondary N) is 1. The molecule has 0 aliphatic rings. The molecular weight excluding hydrogens is 550 g/mol. The number of amides is 2. The van der Waals surface area contributed by atoms with Gasteiger partial charge in [-0.05, 0) is 57.5 Å². The van der Waals surface area contributed by atoms with E-state index in [4.69, 9.17) is 9.47 Å². The van der Waals surface area contributed by atoms with E-state index in [1.54, 1.807) is 13.0 Å². The first-order valence-electron chi connectivity index (χ1n) is 11.2. The largest absolute Gasteiger partial charge is 0.497 e. The first-order chi connectivity index (χ1) is 16.7. The van der Waals surface area contributed by atoms with E-state index < -0.39 is 34.1 Å². The number of hydrogen-bond donors (Lipinski definition) is 1. The van der Waals surface area contributed by atoms with Crippen LogP contribution in [0.1, 0.15) is 33.3 Å². The minimum Gasteiger partial charge on any atom is -0.497 e. The fraction of sp³-hybridized carbons (Fsp3) is 0.440.